The molecule has 0 aromatic carbocycles. The fourth-order valence-electron chi connectivity index (χ4n) is 2.45. The van der Waals surface area contributed by atoms with Crippen LogP contribution in [0.2, 0.25) is 0 Å². The van der Waals surface area contributed by atoms with Gasteiger partial charge in [-0.25, -0.2) is 4.98 Å². The summed E-state index contributed by atoms with van der Waals surface area (Å²) in [7, 11) is 1.96. The summed E-state index contributed by atoms with van der Waals surface area (Å²) in [5, 5.41) is 3.34. The number of aryl methyl sites for hydroxylation is 1. The van der Waals surface area contributed by atoms with Crippen LogP contribution in [-0.2, 0) is 7.05 Å². The number of carbonyl (C=O) groups is 1. The summed E-state index contributed by atoms with van der Waals surface area (Å²) in [4.78, 5) is 19.8. The van der Waals surface area contributed by atoms with E-state index < -0.39 is 0 Å². The largest absolute Gasteiger partial charge is 0.336 e. The summed E-state index contributed by atoms with van der Waals surface area (Å²) in [6.45, 7) is 2.26. The van der Waals surface area contributed by atoms with Crippen molar-refractivity contribution in [3.63, 3.8) is 0 Å². The van der Waals surface area contributed by atoms with Crippen LogP contribution in [0.25, 0.3) is 0 Å². The van der Waals surface area contributed by atoms with Crippen LogP contribution in [0, 0.1) is 0 Å². The summed E-state index contributed by atoms with van der Waals surface area (Å²) in [6, 6.07) is 3.77. The summed E-state index contributed by atoms with van der Waals surface area (Å²) in [6.07, 6.45) is 3.68. The van der Waals surface area contributed by atoms with E-state index in [9.17, 15) is 4.79 Å². The van der Waals surface area contributed by atoms with Crippen LogP contribution in [-0.4, -0.2) is 40.0 Å². The zero-order chi connectivity index (χ0) is 14.1. The van der Waals surface area contributed by atoms with Crippen LogP contribution in [0.15, 0.2) is 28.3 Å². The molecule has 1 aliphatic heterocycles. The molecular formula is C13H15BrN4OS. The summed E-state index contributed by atoms with van der Waals surface area (Å²) in [5.41, 5.74) is 0. The first kappa shape index (κ1) is 13.8. The number of nitrogens with zero attached hydrogens (tertiary/aromatic N) is 3. The van der Waals surface area contributed by atoms with Gasteiger partial charge in [-0.2, -0.15) is 0 Å². The standard InChI is InChI=1S/C13H15BrN4OS/c1-17-6-5-16-12(17)9-8-15-4-7-18(9)13(19)10-2-3-11(14)20-10/h2-3,5-6,9,15H,4,7-8H2,1H3. The second kappa shape index (κ2) is 5.67. The molecule has 106 valence electrons. The highest BCUT2D eigenvalue weighted by Crippen LogP contribution is 2.27. The fraction of sp³-hybridized carbons (Fsp3) is 0.385. The molecule has 1 saturated heterocycles. The second-order valence-corrected chi connectivity index (χ2v) is 7.18. The molecule has 2 aromatic rings. The third kappa shape index (κ3) is 2.53. The molecule has 0 saturated carbocycles. The van der Waals surface area contributed by atoms with Gasteiger partial charge < -0.3 is 14.8 Å². The first-order valence-corrected chi connectivity index (χ1v) is 8.02. The van der Waals surface area contributed by atoms with Gasteiger partial charge in [-0.05, 0) is 28.1 Å². The summed E-state index contributed by atoms with van der Waals surface area (Å²) < 4.78 is 2.95. The molecule has 2 aromatic heterocycles. The molecule has 1 unspecified atom stereocenters. The zero-order valence-corrected chi connectivity index (χ0v) is 13.4. The molecule has 7 heteroatoms. The Bertz CT molecular complexity index is 623. The molecule has 0 aliphatic carbocycles. The third-order valence-corrected chi connectivity index (χ3v) is 5.06. The monoisotopic (exact) mass is 354 g/mol. The van der Waals surface area contributed by atoms with Gasteiger partial charge in [0.2, 0.25) is 0 Å². The first-order chi connectivity index (χ1) is 9.66. The number of nitrogens with one attached hydrogen (secondary N) is 1. The van der Waals surface area contributed by atoms with Gasteiger partial charge in [0.05, 0.1) is 8.66 Å². The Kier molecular flexibility index (Phi) is 3.91. The highest BCUT2D eigenvalue weighted by molar-refractivity contribution is 9.11. The van der Waals surface area contributed by atoms with Gasteiger partial charge in [-0.1, -0.05) is 0 Å². The van der Waals surface area contributed by atoms with Crippen molar-refractivity contribution in [2.75, 3.05) is 19.6 Å². The number of thiophene rings is 1. The van der Waals surface area contributed by atoms with E-state index in [0.717, 1.165) is 27.6 Å². The molecule has 5 nitrogen and oxygen atoms in total. The number of rotatable bonds is 2. The summed E-state index contributed by atoms with van der Waals surface area (Å²) in [5.74, 6) is 0.997. The van der Waals surface area contributed by atoms with Crippen LogP contribution in [0.3, 0.4) is 0 Å². The normalized spacial score (nSPS) is 19.3. The predicted octanol–water partition coefficient (Wildman–Crippen LogP) is 2.03. The molecule has 1 amide bonds. The molecular weight excluding hydrogens is 340 g/mol. The molecule has 1 fully saturated rings. The van der Waals surface area contributed by atoms with Crippen LogP contribution >= 0.6 is 27.3 Å². The van der Waals surface area contributed by atoms with Crippen molar-refractivity contribution in [2.45, 2.75) is 6.04 Å². The van der Waals surface area contributed by atoms with Crippen molar-refractivity contribution in [2.24, 2.45) is 7.05 Å². The van der Waals surface area contributed by atoms with Crippen molar-refractivity contribution >= 4 is 33.2 Å². The number of aromatic nitrogens is 2. The first-order valence-electron chi connectivity index (χ1n) is 6.41. The van der Waals surface area contributed by atoms with Crippen molar-refractivity contribution < 1.29 is 4.79 Å². The van der Waals surface area contributed by atoms with E-state index in [1.807, 2.05) is 34.8 Å². The quantitative estimate of drug-likeness (QED) is 0.897. The Hall–Kier alpha value is -1.18. The lowest BCUT2D eigenvalue weighted by molar-refractivity contribution is 0.0626. The van der Waals surface area contributed by atoms with Gasteiger partial charge >= 0.3 is 0 Å². The van der Waals surface area contributed by atoms with Gasteiger partial charge in [0.15, 0.2) is 0 Å². The van der Waals surface area contributed by atoms with Crippen LogP contribution in [0.4, 0.5) is 0 Å². The van der Waals surface area contributed by atoms with Crippen LogP contribution in [0.1, 0.15) is 21.5 Å². The zero-order valence-electron chi connectivity index (χ0n) is 11.0. The second-order valence-electron chi connectivity index (χ2n) is 4.72. The predicted molar refractivity (Wildman–Crippen MR) is 81.9 cm³/mol. The number of hydrogen-bond donors (Lipinski definition) is 1. The fourth-order valence-corrected chi connectivity index (χ4v) is 3.79. The van der Waals surface area contributed by atoms with Crippen molar-refractivity contribution in [1.29, 1.82) is 0 Å². The topological polar surface area (TPSA) is 50.2 Å². The Labute approximate surface area is 129 Å². The highest BCUT2D eigenvalue weighted by Gasteiger charge is 2.31. The molecule has 20 heavy (non-hydrogen) atoms. The van der Waals surface area contributed by atoms with E-state index >= 15 is 0 Å². The van der Waals surface area contributed by atoms with E-state index in [0.29, 0.717) is 6.54 Å². The smallest absolute Gasteiger partial charge is 0.264 e. The maximum absolute atomic E-state index is 12.7. The highest BCUT2D eigenvalue weighted by atomic mass is 79.9. The van der Waals surface area contributed by atoms with Crippen molar-refractivity contribution in [3.05, 3.63) is 39.0 Å². The van der Waals surface area contributed by atoms with Gasteiger partial charge in [0.1, 0.15) is 11.9 Å². The van der Waals surface area contributed by atoms with E-state index in [4.69, 9.17) is 0 Å². The number of hydrogen-bond acceptors (Lipinski definition) is 4. The minimum absolute atomic E-state index is 0.0166. The van der Waals surface area contributed by atoms with Gasteiger partial charge in [-0.3, -0.25) is 4.79 Å². The van der Waals surface area contributed by atoms with Gasteiger partial charge in [0.25, 0.3) is 5.91 Å². The number of amides is 1. The lowest BCUT2D eigenvalue weighted by atomic mass is 10.1. The summed E-state index contributed by atoms with van der Waals surface area (Å²) >= 11 is 4.88. The van der Waals surface area contributed by atoms with E-state index in [1.54, 1.807) is 6.20 Å². The van der Waals surface area contributed by atoms with Crippen LogP contribution < -0.4 is 5.32 Å². The number of carbonyl (C=O) groups excluding carboxylic acids is 1. The molecule has 0 spiro atoms. The molecule has 0 bridgehead atoms. The Morgan fingerprint density at radius 1 is 1.55 bits per heavy atom. The number of piperazine rings is 1. The lowest BCUT2D eigenvalue weighted by Crippen LogP contribution is -2.49. The number of halogens is 1. The van der Waals surface area contributed by atoms with Crippen LogP contribution in [0.5, 0.6) is 0 Å². The van der Waals surface area contributed by atoms with E-state index in [2.05, 4.69) is 26.2 Å². The molecule has 1 N–H and O–H groups in total. The number of imidazole rings is 1. The maximum atomic E-state index is 12.7. The van der Waals surface area contributed by atoms with Crippen molar-refractivity contribution in [3.8, 4) is 0 Å². The maximum Gasteiger partial charge on any atom is 0.264 e. The molecule has 3 heterocycles. The van der Waals surface area contributed by atoms with Crippen molar-refractivity contribution in [1.82, 2.24) is 19.8 Å². The van der Waals surface area contributed by atoms with E-state index in [-0.39, 0.29) is 11.9 Å². The molecule has 3 rings (SSSR count). The lowest BCUT2D eigenvalue weighted by Gasteiger charge is -2.35. The molecule has 1 atom stereocenters. The third-order valence-electron chi connectivity index (χ3n) is 3.44. The van der Waals surface area contributed by atoms with Gasteiger partial charge in [0, 0.05) is 39.1 Å². The average Bonchev–Trinajstić information content (AvgIpc) is 3.07. The van der Waals surface area contributed by atoms with Gasteiger partial charge in [-0.15, -0.1) is 11.3 Å². The Morgan fingerprint density at radius 2 is 2.40 bits per heavy atom. The SMILES string of the molecule is Cn1ccnc1C1CNCCN1C(=O)c1ccc(Br)s1. The Morgan fingerprint density at radius 3 is 3.05 bits per heavy atom. The Balaban J connectivity index is 1.89. The minimum Gasteiger partial charge on any atom is -0.336 e. The molecule has 0 radical (unpaired) electrons. The minimum atomic E-state index is -0.0166. The van der Waals surface area contributed by atoms with E-state index in [1.165, 1.54) is 11.3 Å². The molecule has 1 aliphatic rings. The average molecular weight is 355 g/mol.